The van der Waals surface area contributed by atoms with E-state index in [-0.39, 0.29) is 22.8 Å². The van der Waals surface area contributed by atoms with Crippen LogP contribution in [0.2, 0.25) is 5.02 Å². The zero-order chi connectivity index (χ0) is 19.4. The summed E-state index contributed by atoms with van der Waals surface area (Å²) < 4.78 is 43.4. The molecule has 1 aliphatic heterocycles. The Labute approximate surface area is 163 Å². The lowest BCUT2D eigenvalue weighted by Gasteiger charge is -2.31. The highest BCUT2D eigenvalue weighted by atomic mass is 35.5. The molecule has 0 atom stereocenters. The van der Waals surface area contributed by atoms with Crippen LogP contribution in [0.1, 0.15) is 12.8 Å². The summed E-state index contributed by atoms with van der Waals surface area (Å²) in [5.41, 5.74) is 0. The lowest BCUT2D eigenvalue weighted by molar-refractivity contribution is 0.128. The van der Waals surface area contributed by atoms with E-state index in [0.29, 0.717) is 36.8 Å². The van der Waals surface area contributed by atoms with Crippen molar-refractivity contribution in [2.75, 3.05) is 27.3 Å². The zero-order valence-corrected chi connectivity index (χ0v) is 16.5. The van der Waals surface area contributed by atoms with Gasteiger partial charge in [0, 0.05) is 30.4 Å². The molecule has 2 aromatic rings. The SMILES string of the molecule is COc1nccc(OC2CCN(S(=O)(=O)c3cc(Cl)ccc3OC)CC2)n1. The van der Waals surface area contributed by atoms with Crippen molar-refractivity contribution in [2.24, 2.45) is 0 Å². The van der Waals surface area contributed by atoms with Crippen molar-refractivity contribution >= 4 is 21.6 Å². The number of hydrogen-bond acceptors (Lipinski definition) is 7. The first kappa shape index (κ1) is 19.7. The number of hydrogen-bond donors (Lipinski definition) is 0. The van der Waals surface area contributed by atoms with E-state index in [0.717, 1.165) is 0 Å². The van der Waals surface area contributed by atoms with E-state index >= 15 is 0 Å². The molecule has 1 fully saturated rings. The fraction of sp³-hybridized carbons (Fsp3) is 0.412. The van der Waals surface area contributed by atoms with Gasteiger partial charge < -0.3 is 14.2 Å². The Balaban J connectivity index is 1.68. The van der Waals surface area contributed by atoms with E-state index in [2.05, 4.69) is 9.97 Å². The van der Waals surface area contributed by atoms with Crippen LogP contribution >= 0.6 is 11.6 Å². The Morgan fingerprint density at radius 3 is 2.56 bits per heavy atom. The second kappa shape index (κ2) is 8.28. The zero-order valence-electron chi connectivity index (χ0n) is 15.0. The molecule has 1 saturated heterocycles. The molecule has 27 heavy (non-hydrogen) atoms. The highest BCUT2D eigenvalue weighted by molar-refractivity contribution is 7.89. The van der Waals surface area contributed by atoms with Crippen molar-refractivity contribution in [3.8, 4) is 17.6 Å². The lowest BCUT2D eigenvalue weighted by atomic mass is 10.1. The molecule has 1 aromatic carbocycles. The first-order valence-corrected chi connectivity index (χ1v) is 10.1. The maximum absolute atomic E-state index is 13.0. The van der Waals surface area contributed by atoms with Crippen LogP contribution in [0.3, 0.4) is 0 Å². The summed E-state index contributed by atoms with van der Waals surface area (Å²) in [5.74, 6) is 0.672. The van der Waals surface area contributed by atoms with Gasteiger partial charge in [-0.25, -0.2) is 13.4 Å². The summed E-state index contributed by atoms with van der Waals surface area (Å²) in [5, 5.41) is 0.338. The number of piperidine rings is 1. The fourth-order valence-electron chi connectivity index (χ4n) is 2.84. The van der Waals surface area contributed by atoms with Crippen molar-refractivity contribution < 1.29 is 22.6 Å². The summed E-state index contributed by atoms with van der Waals surface area (Å²) in [6, 6.07) is 6.41. The summed E-state index contributed by atoms with van der Waals surface area (Å²) >= 11 is 5.98. The number of benzene rings is 1. The predicted octanol–water partition coefficient (Wildman–Crippen LogP) is 2.38. The van der Waals surface area contributed by atoms with Gasteiger partial charge in [-0.05, 0) is 31.0 Å². The van der Waals surface area contributed by atoms with Gasteiger partial charge in [0.05, 0.1) is 14.2 Å². The molecule has 0 saturated carbocycles. The maximum Gasteiger partial charge on any atom is 0.319 e. The molecular formula is C17H20ClN3O5S. The van der Waals surface area contributed by atoms with Gasteiger partial charge in [0.1, 0.15) is 16.7 Å². The maximum atomic E-state index is 13.0. The Morgan fingerprint density at radius 1 is 1.15 bits per heavy atom. The van der Waals surface area contributed by atoms with Gasteiger partial charge in [0.15, 0.2) is 0 Å². The number of ether oxygens (including phenoxy) is 3. The molecular weight excluding hydrogens is 394 g/mol. The van der Waals surface area contributed by atoms with E-state index in [4.69, 9.17) is 25.8 Å². The fourth-order valence-corrected chi connectivity index (χ4v) is 4.73. The highest BCUT2D eigenvalue weighted by Crippen LogP contribution is 2.31. The monoisotopic (exact) mass is 413 g/mol. The van der Waals surface area contributed by atoms with Crippen LogP contribution in [0.5, 0.6) is 17.6 Å². The molecule has 8 nitrogen and oxygen atoms in total. The van der Waals surface area contributed by atoms with Gasteiger partial charge >= 0.3 is 6.01 Å². The first-order valence-electron chi connectivity index (χ1n) is 8.31. The quantitative estimate of drug-likeness (QED) is 0.717. The molecule has 0 bridgehead atoms. The van der Waals surface area contributed by atoms with E-state index < -0.39 is 10.0 Å². The standard InChI is InChI=1S/C17H20ClN3O5S/c1-24-14-4-3-12(18)11-15(14)27(22,23)21-9-6-13(7-10-21)26-16-5-8-19-17(20-16)25-2/h3-5,8,11,13H,6-7,9-10H2,1-2H3. The second-order valence-electron chi connectivity index (χ2n) is 5.90. The van der Waals surface area contributed by atoms with Crippen molar-refractivity contribution in [3.05, 3.63) is 35.5 Å². The van der Waals surface area contributed by atoms with Crippen LogP contribution < -0.4 is 14.2 Å². The molecule has 0 aliphatic carbocycles. The minimum absolute atomic E-state index is 0.0670. The molecule has 1 aliphatic rings. The van der Waals surface area contributed by atoms with Crippen molar-refractivity contribution in [2.45, 2.75) is 23.8 Å². The number of aromatic nitrogens is 2. The third-order valence-electron chi connectivity index (χ3n) is 4.22. The largest absolute Gasteiger partial charge is 0.495 e. The number of methoxy groups -OCH3 is 2. The van der Waals surface area contributed by atoms with Crippen LogP contribution in [-0.4, -0.2) is 56.1 Å². The molecule has 0 unspecified atom stereocenters. The number of rotatable bonds is 6. The first-order chi connectivity index (χ1) is 12.9. The Hall–Kier alpha value is -2.10. The van der Waals surface area contributed by atoms with E-state index in [1.807, 2.05) is 0 Å². The van der Waals surface area contributed by atoms with E-state index in [9.17, 15) is 8.42 Å². The minimum atomic E-state index is -3.71. The van der Waals surface area contributed by atoms with Crippen molar-refractivity contribution in [1.29, 1.82) is 0 Å². The molecule has 146 valence electrons. The van der Waals surface area contributed by atoms with Gasteiger partial charge in [0.2, 0.25) is 15.9 Å². The number of nitrogens with zero attached hydrogens (tertiary/aromatic N) is 3. The molecule has 0 amide bonds. The van der Waals surface area contributed by atoms with Gasteiger partial charge in [-0.2, -0.15) is 9.29 Å². The van der Waals surface area contributed by atoms with E-state index in [1.54, 1.807) is 24.4 Å². The van der Waals surface area contributed by atoms with Crippen molar-refractivity contribution in [1.82, 2.24) is 14.3 Å². The molecule has 0 radical (unpaired) electrons. The van der Waals surface area contributed by atoms with Gasteiger partial charge in [-0.3, -0.25) is 0 Å². The normalized spacial score (nSPS) is 16.1. The van der Waals surface area contributed by atoms with Crippen LogP contribution in [0.15, 0.2) is 35.4 Å². The van der Waals surface area contributed by atoms with Gasteiger partial charge in [0.25, 0.3) is 0 Å². The number of halogens is 1. The minimum Gasteiger partial charge on any atom is -0.495 e. The van der Waals surface area contributed by atoms with Gasteiger partial charge in [-0.15, -0.1) is 0 Å². The average Bonchev–Trinajstić information content (AvgIpc) is 2.68. The Bertz CT molecular complexity index is 901. The van der Waals surface area contributed by atoms with Crippen LogP contribution in [-0.2, 0) is 10.0 Å². The molecule has 1 aromatic heterocycles. The highest BCUT2D eigenvalue weighted by Gasteiger charge is 2.32. The average molecular weight is 414 g/mol. The van der Waals surface area contributed by atoms with Crippen LogP contribution in [0.25, 0.3) is 0 Å². The molecule has 10 heteroatoms. The van der Waals surface area contributed by atoms with Gasteiger partial charge in [-0.1, -0.05) is 11.6 Å². The summed E-state index contributed by atoms with van der Waals surface area (Å²) in [7, 11) is -0.804. The number of sulfonamides is 1. The summed E-state index contributed by atoms with van der Waals surface area (Å²) in [6.07, 6.45) is 2.48. The lowest BCUT2D eigenvalue weighted by Crippen LogP contribution is -2.41. The summed E-state index contributed by atoms with van der Waals surface area (Å²) in [6.45, 7) is 0.649. The van der Waals surface area contributed by atoms with Crippen molar-refractivity contribution in [3.63, 3.8) is 0 Å². The van der Waals surface area contributed by atoms with Crippen LogP contribution in [0, 0.1) is 0 Å². The molecule has 0 N–H and O–H groups in total. The van der Waals surface area contributed by atoms with E-state index in [1.165, 1.54) is 24.6 Å². The summed E-state index contributed by atoms with van der Waals surface area (Å²) in [4.78, 5) is 8.11. The third kappa shape index (κ3) is 4.42. The molecule has 0 spiro atoms. The topological polar surface area (TPSA) is 90.9 Å². The van der Waals surface area contributed by atoms with Crippen LogP contribution in [0.4, 0.5) is 0 Å². The Kier molecular flexibility index (Phi) is 6.03. The Morgan fingerprint density at radius 2 is 1.89 bits per heavy atom. The second-order valence-corrected chi connectivity index (χ2v) is 8.24. The molecule has 3 rings (SSSR count). The third-order valence-corrected chi connectivity index (χ3v) is 6.38. The smallest absolute Gasteiger partial charge is 0.319 e. The molecule has 2 heterocycles. The predicted molar refractivity (Wildman–Crippen MR) is 99.0 cm³/mol.